The highest BCUT2D eigenvalue weighted by Gasteiger charge is 2.21. The lowest BCUT2D eigenvalue weighted by Crippen LogP contribution is -2.15. The van der Waals surface area contributed by atoms with Crippen LogP contribution in [0.3, 0.4) is 0 Å². The van der Waals surface area contributed by atoms with E-state index in [9.17, 15) is 10.2 Å². The van der Waals surface area contributed by atoms with Crippen molar-refractivity contribution in [2.45, 2.75) is 19.4 Å². The Labute approximate surface area is 100 Å². The highest BCUT2D eigenvalue weighted by molar-refractivity contribution is 5.94. The number of hydrogen-bond donors (Lipinski definition) is 2. The van der Waals surface area contributed by atoms with Gasteiger partial charge in [-0.1, -0.05) is 18.2 Å². The maximum Gasteiger partial charge on any atom is 0.129 e. The van der Waals surface area contributed by atoms with E-state index in [4.69, 9.17) is 4.74 Å². The van der Waals surface area contributed by atoms with Crippen LogP contribution in [0.1, 0.15) is 19.4 Å². The van der Waals surface area contributed by atoms with Crippen LogP contribution in [0.2, 0.25) is 0 Å². The maximum atomic E-state index is 10.2. The first kappa shape index (κ1) is 11.7. The summed E-state index contributed by atoms with van der Waals surface area (Å²) in [6, 6.07) is 9.03. The third-order valence-electron chi connectivity index (χ3n) is 2.87. The van der Waals surface area contributed by atoms with Gasteiger partial charge >= 0.3 is 0 Å². The van der Waals surface area contributed by atoms with Crippen LogP contribution >= 0.6 is 0 Å². The first-order chi connectivity index (χ1) is 7.95. The molecule has 0 bridgehead atoms. The summed E-state index contributed by atoms with van der Waals surface area (Å²) in [6.45, 7) is 3.29. The van der Waals surface area contributed by atoms with Crippen LogP contribution in [0, 0.1) is 0 Å². The Balaban J connectivity index is 2.78. The summed E-state index contributed by atoms with van der Waals surface area (Å²) in [6.07, 6.45) is 0. The number of rotatable bonds is 2. The molecule has 3 heteroatoms. The largest absolute Gasteiger partial charge is 0.507 e. The normalized spacial score (nSPS) is 11.8. The van der Waals surface area contributed by atoms with Gasteiger partial charge in [-0.15, -0.1) is 0 Å². The maximum absolute atomic E-state index is 10.2. The van der Waals surface area contributed by atoms with Crippen molar-refractivity contribution in [3.63, 3.8) is 0 Å². The smallest absolute Gasteiger partial charge is 0.129 e. The van der Waals surface area contributed by atoms with Gasteiger partial charge in [-0.25, -0.2) is 0 Å². The minimum Gasteiger partial charge on any atom is -0.507 e. The first-order valence-electron chi connectivity index (χ1n) is 5.46. The van der Waals surface area contributed by atoms with Crippen molar-refractivity contribution in [1.29, 1.82) is 0 Å². The number of hydrogen-bond acceptors (Lipinski definition) is 3. The molecular weight excluding hydrogens is 216 g/mol. The second kappa shape index (κ2) is 3.93. The van der Waals surface area contributed by atoms with Crippen molar-refractivity contribution in [2.24, 2.45) is 0 Å². The highest BCUT2D eigenvalue weighted by atomic mass is 16.5. The van der Waals surface area contributed by atoms with Gasteiger partial charge in [0.05, 0.1) is 12.7 Å². The van der Waals surface area contributed by atoms with Gasteiger partial charge in [0, 0.05) is 16.3 Å². The van der Waals surface area contributed by atoms with Crippen LogP contribution in [0.25, 0.3) is 10.8 Å². The number of aliphatic hydroxyl groups is 1. The predicted octanol–water partition coefficient (Wildman–Crippen LogP) is 2.78. The zero-order valence-corrected chi connectivity index (χ0v) is 10.2. The summed E-state index contributed by atoms with van der Waals surface area (Å²) in [7, 11) is 1.59. The minimum absolute atomic E-state index is 0.105. The fourth-order valence-corrected chi connectivity index (χ4v) is 1.98. The summed E-state index contributed by atoms with van der Waals surface area (Å²) in [5, 5.41) is 21.7. The molecule has 0 saturated heterocycles. The average molecular weight is 232 g/mol. The van der Waals surface area contributed by atoms with Gasteiger partial charge < -0.3 is 14.9 Å². The summed E-state index contributed by atoms with van der Waals surface area (Å²) < 4.78 is 5.23. The topological polar surface area (TPSA) is 49.7 Å². The van der Waals surface area contributed by atoms with Crippen LogP contribution in [-0.4, -0.2) is 17.3 Å². The number of benzene rings is 2. The molecule has 17 heavy (non-hydrogen) atoms. The summed E-state index contributed by atoms with van der Waals surface area (Å²) in [5.74, 6) is 0.814. The quantitative estimate of drug-likeness (QED) is 0.837. The van der Waals surface area contributed by atoms with E-state index in [1.165, 1.54) is 0 Å². The summed E-state index contributed by atoms with van der Waals surface area (Å²) in [4.78, 5) is 0. The lowest BCUT2D eigenvalue weighted by Gasteiger charge is -2.20. The number of aromatic hydroxyl groups is 1. The fraction of sp³-hybridized carbons (Fsp3) is 0.286. The van der Waals surface area contributed by atoms with Crippen LogP contribution < -0.4 is 4.74 Å². The highest BCUT2D eigenvalue weighted by Crippen LogP contribution is 2.38. The predicted molar refractivity (Wildman–Crippen MR) is 67.4 cm³/mol. The number of methoxy groups -OCH3 is 1. The van der Waals surface area contributed by atoms with E-state index in [2.05, 4.69) is 0 Å². The van der Waals surface area contributed by atoms with Crippen LogP contribution in [-0.2, 0) is 5.60 Å². The van der Waals surface area contributed by atoms with Crippen molar-refractivity contribution in [1.82, 2.24) is 0 Å². The van der Waals surface area contributed by atoms with Crippen molar-refractivity contribution < 1.29 is 14.9 Å². The van der Waals surface area contributed by atoms with Gasteiger partial charge in [0.25, 0.3) is 0 Å². The van der Waals surface area contributed by atoms with Gasteiger partial charge in [-0.3, -0.25) is 0 Å². The second-order valence-corrected chi connectivity index (χ2v) is 4.58. The molecule has 2 aromatic rings. The molecule has 0 atom stereocenters. The molecule has 0 spiro atoms. The Hall–Kier alpha value is -1.74. The average Bonchev–Trinajstić information content (AvgIpc) is 2.27. The molecular formula is C14H16O3. The molecule has 0 amide bonds. The van der Waals surface area contributed by atoms with Gasteiger partial charge in [0.2, 0.25) is 0 Å². The van der Waals surface area contributed by atoms with E-state index in [0.717, 1.165) is 5.39 Å². The molecule has 0 unspecified atom stereocenters. The van der Waals surface area contributed by atoms with E-state index in [-0.39, 0.29) is 5.75 Å². The minimum atomic E-state index is -1.07. The summed E-state index contributed by atoms with van der Waals surface area (Å²) in [5.41, 5.74) is -0.556. The lowest BCUT2D eigenvalue weighted by atomic mass is 9.94. The van der Waals surface area contributed by atoms with Gasteiger partial charge in [-0.2, -0.15) is 0 Å². The molecule has 2 N–H and O–H groups in total. The summed E-state index contributed by atoms with van der Waals surface area (Å²) >= 11 is 0. The lowest BCUT2D eigenvalue weighted by molar-refractivity contribution is 0.0761. The zero-order chi connectivity index (χ0) is 12.6. The molecule has 2 aromatic carbocycles. The Morgan fingerprint density at radius 1 is 1.06 bits per heavy atom. The third kappa shape index (κ3) is 1.94. The molecule has 0 saturated carbocycles. The zero-order valence-electron chi connectivity index (χ0n) is 10.2. The van der Waals surface area contributed by atoms with Crippen LogP contribution in [0.5, 0.6) is 11.5 Å². The Morgan fingerprint density at radius 2 is 1.76 bits per heavy atom. The molecule has 0 aliphatic heterocycles. The van der Waals surface area contributed by atoms with E-state index in [1.54, 1.807) is 27.0 Å². The van der Waals surface area contributed by atoms with E-state index in [1.807, 2.05) is 24.3 Å². The number of phenols is 1. The fourth-order valence-electron chi connectivity index (χ4n) is 1.98. The van der Waals surface area contributed by atoms with Crippen molar-refractivity contribution >= 4 is 10.8 Å². The van der Waals surface area contributed by atoms with Gasteiger partial charge in [0.1, 0.15) is 11.5 Å². The number of ether oxygens (including phenoxy) is 1. The molecule has 0 aromatic heterocycles. The SMILES string of the molecule is COc1cccc2c(O)c(C(C)(C)O)ccc12. The molecule has 3 nitrogen and oxygen atoms in total. The third-order valence-corrected chi connectivity index (χ3v) is 2.87. The molecule has 0 heterocycles. The van der Waals surface area contributed by atoms with E-state index in [0.29, 0.717) is 16.7 Å². The number of phenolic OH excluding ortho intramolecular Hbond substituents is 1. The molecule has 0 aliphatic carbocycles. The van der Waals surface area contributed by atoms with Crippen molar-refractivity contribution in [3.05, 3.63) is 35.9 Å². The molecule has 2 rings (SSSR count). The van der Waals surface area contributed by atoms with Gasteiger partial charge in [0.15, 0.2) is 0 Å². The van der Waals surface area contributed by atoms with Gasteiger partial charge in [-0.05, 0) is 26.0 Å². The van der Waals surface area contributed by atoms with Crippen LogP contribution in [0.15, 0.2) is 30.3 Å². The monoisotopic (exact) mass is 232 g/mol. The Kier molecular flexibility index (Phi) is 2.71. The molecule has 0 aliphatic rings. The molecule has 0 radical (unpaired) electrons. The number of fused-ring (bicyclic) bond motifs is 1. The van der Waals surface area contributed by atoms with E-state index < -0.39 is 5.60 Å². The first-order valence-corrected chi connectivity index (χ1v) is 5.46. The Bertz CT molecular complexity index is 553. The van der Waals surface area contributed by atoms with E-state index >= 15 is 0 Å². The second-order valence-electron chi connectivity index (χ2n) is 4.58. The molecule has 0 fully saturated rings. The van der Waals surface area contributed by atoms with Crippen molar-refractivity contribution in [2.75, 3.05) is 7.11 Å². The standard InChI is InChI=1S/C14H16O3/c1-14(2,16)11-8-7-9-10(13(11)15)5-4-6-12(9)17-3/h4-8,15-16H,1-3H3. The Morgan fingerprint density at radius 3 is 2.35 bits per heavy atom. The van der Waals surface area contributed by atoms with Crippen LogP contribution in [0.4, 0.5) is 0 Å². The van der Waals surface area contributed by atoms with Crippen molar-refractivity contribution in [3.8, 4) is 11.5 Å². The molecule has 90 valence electrons.